The molecule has 148 valence electrons. The first-order valence-electron chi connectivity index (χ1n) is 7.99. The molecule has 1 unspecified atom stereocenters. The molecule has 0 saturated heterocycles. The summed E-state index contributed by atoms with van der Waals surface area (Å²) in [6, 6.07) is -1.36. The first kappa shape index (κ1) is 21.9. The summed E-state index contributed by atoms with van der Waals surface area (Å²) in [4.78, 5) is 58.3. The Bertz CT molecular complexity index is 733. The molecule has 0 aromatic carbocycles. The highest BCUT2D eigenvalue weighted by atomic mass is 16.5. The largest absolute Gasteiger partial charge is 0.489 e. The van der Waals surface area contributed by atoms with Gasteiger partial charge in [0.1, 0.15) is 6.04 Å². The molecule has 0 fully saturated rings. The summed E-state index contributed by atoms with van der Waals surface area (Å²) in [6.45, 7) is 1.42. The Hall–Kier alpha value is -3.17. The smallest absolute Gasteiger partial charge is 0.326 e. The molecule has 1 aliphatic rings. The molecule has 0 aromatic heterocycles. The second kappa shape index (κ2) is 9.51. The molecule has 10 nitrogen and oxygen atoms in total. The van der Waals surface area contributed by atoms with Gasteiger partial charge in [0.25, 0.3) is 0 Å². The Morgan fingerprint density at radius 2 is 1.56 bits per heavy atom. The van der Waals surface area contributed by atoms with Crippen molar-refractivity contribution in [2.45, 2.75) is 38.6 Å². The SMILES string of the molecule is COC1=C(OC)C(=O)C(CCC(=O)NC(CCC(=O)O)C(=O)O)=C(C)C1=O. The predicted molar refractivity (Wildman–Crippen MR) is 89.4 cm³/mol. The topological polar surface area (TPSA) is 156 Å². The number of Topliss-reactive ketones (excluding diaryl/α,β-unsaturated/α-hetero) is 2. The number of carbonyl (C=O) groups excluding carboxylic acids is 3. The lowest BCUT2D eigenvalue weighted by Crippen LogP contribution is -2.41. The number of nitrogens with one attached hydrogen (secondary N) is 1. The average molecular weight is 383 g/mol. The molecule has 27 heavy (non-hydrogen) atoms. The highest BCUT2D eigenvalue weighted by Crippen LogP contribution is 2.28. The zero-order valence-corrected chi connectivity index (χ0v) is 15.2. The Morgan fingerprint density at radius 3 is 2.04 bits per heavy atom. The second-order valence-electron chi connectivity index (χ2n) is 5.72. The van der Waals surface area contributed by atoms with Gasteiger partial charge in [0.05, 0.1) is 14.2 Å². The summed E-state index contributed by atoms with van der Waals surface area (Å²) in [7, 11) is 2.44. The van der Waals surface area contributed by atoms with Crippen molar-refractivity contribution in [3.63, 3.8) is 0 Å². The lowest BCUT2D eigenvalue weighted by atomic mass is 9.90. The molecule has 0 heterocycles. The molecule has 0 saturated carbocycles. The summed E-state index contributed by atoms with van der Waals surface area (Å²) in [5, 5.41) is 19.9. The maximum absolute atomic E-state index is 12.4. The minimum Gasteiger partial charge on any atom is -0.489 e. The molecule has 0 radical (unpaired) electrons. The van der Waals surface area contributed by atoms with Crippen molar-refractivity contribution >= 4 is 29.4 Å². The Morgan fingerprint density at radius 1 is 1.00 bits per heavy atom. The number of amides is 1. The van der Waals surface area contributed by atoms with E-state index in [1.807, 2.05) is 0 Å². The molecule has 0 bridgehead atoms. The standard InChI is InChI=1S/C17H21NO9/c1-8-9(14(23)16(27-3)15(26-2)13(8)22)4-6-11(19)18-10(17(24)25)5-7-12(20)21/h10H,4-7H2,1-3H3,(H,18,19)(H,20,21)(H,24,25). The number of aliphatic carboxylic acids is 2. The third-order valence-electron chi connectivity index (χ3n) is 3.98. The van der Waals surface area contributed by atoms with Gasteiger partial charge in [-0.2, -0.15) is 0 Å². The number of carboxylic acids is 2. The highest BCUT2D eigenvalue weighted by molar-refractivity contribution is 6.23. The van der Waals surface area contributed by atoms with Crippen molar-refractivity contribution in [2.24, 2.45) is 0 Å². The minimum atomic E-state index is -1.36. The molecular formula is C17H21NO9. The zero-order valence-electron chi connectivity index (χ0n) is 15.2. The normalized spacial score (nSPS) is 15.5. The number of carbonyl (C=O) groups is 5. The van der Waals surface area contributed by atoms with Crippen LogP contribution in [0.4, 0.5) is 0 Å². The number of rotatable bonds is 10. The van der Waals surface area contributed by atoms with Crippen LogP contribution in [0.5, 0.6) is 0 Å². The maximum atomic E-state index is 12.4. The molecule has 1 amide bonds. The summed E-state index contributed by atoms with van der Waals surface area (Å²) in [5.41, 5.74) is 0.191. The van der Waals surface area contributed by atoms with Crippen molar-refractivity contribution in [1.82, 2.24) is 5.32 Å². The summed E-state index contributed by atoms with van der Waals surface area (Å²) >= 11 is 0. The van der Waals surface area contributed by atoms with Gasteiger partial charge in [-0.25, -0.2) is 4.79 Å². The van der Waals surface area contributed by atoms with Crippen LogP contribution in [-0.2, 0) is 33.4 Å². The number of hydrogen-bond acceptors (Lipinski definition) is 7. The van der Waals surface area contributed by atoms with Crippen LogP contribution in [0, 0.1) is 0 Å². The fourth-order valence-corrected chi connectivity index (χ4v) is 2.52. The average Bonchev–Trinajstić information content (AvgIpc) is 2.60. The predicted octanol–water partition coefficient (Wildman–Crippen LogP) is 0.173. The van der Waals surface area contributed by atoms with E-state index < -0.39 is 41.9 Å². The summed E-state index contributed by atoms with van der Waals surface area (Å²) in [5.74, 6) is -4.82. The van der Waals surface area contributed by atoms with Crippen molar-refractivity contribution in [1.29, 1.82) is 0 Å². The molecule has 1 aliphatic carbocycles. The molecule has 1 rings (SSSR count). The van der Waals surface area contributed by atoms with Gasteiger partial charge in [0.15, 0.2) is 0 Å². The monoisotopic (exact) mass is 383 g/mol. The zero-order chi connectivity index (χ0) is 20.7. The summed E-state index contributed by atoms with van der Waals surface area (Å²) in [6.07, 6.45) is -1.07. The fraction of sp³-hybridized carbons (Fsp3) is 0.471. The van der Waals surface area contributed by atoms with Crippen LogP contribution < -0.4 is 5.32 Å². The van der Waals surface area contributed by atoms with Crippen LogP contribution in [0.2, 0.25) is 0 Å². The minimum absolute atomic E-state index is 0.0743. The quantitative estimate of drug-likeness (QED) is 0.447. The van der Waals surface area contributed by atoms with Crippen LogP contribution >= 0.6 is 0 Å². The van der Waals surface area contributed by atoms with E-state index >= 15 is 0 Å². The van der Waals surface area contributed by atoms with E-state index in [0.29, 0.717) is 0 Å². The van der Waals surface area contributed by atoms with Crippen molar-refractivity contribution in [2.75, 3.05) is 14.2 Å². The fourth-order valence-electron chi connectivity index (χ4n) is 2.52. The van der Waals surface area contributed by atoms with E-state index in [1.165, 1.54) is 21.1 Å². The van der Waals surface area contributed by atoms with Crippen LogP contribution in [0.3, 0.4) is 0 Å². The number of ether oxygens (including phenoxy) is 2. The van der Waals surface area contributed by atoms with Crippen LogP contribution in [0.15, 0.2) is 22.7 Å². The van der Waals surface area contributed by atoms with Gasteiger partial charge >= 0.3 is 11.9 Å². The van der Waals surface area contributed by atoms with Crippen LogP contribution in [0.1, 0.15) is 32.6 Å². The molecular weight excluding hydrogens is 362 g/mol. The number of hydrogen-bond donors (Lipinski definition) is 3. The molecule has 0 spiro atoms. The number of carboxylic acid groups (broad SMARTS) is 2. The lowest BCUT2D eigenvalue weighted by molar-refractivity contribution is -0.143. The Labute approximate surface area is 154 Å². The molecule has 3 N–H and O–H groups in total. The molecule has 10 heteroatoms. The maximum Gasteiger partial charge on any atom is 0.326 e. The highest BCUT2D eigenvalue weighted by Gasteiger charge is 2.34. The van der Waals surface area contributed by atoms with E-state index in [0.717, 1.165) is 0 Å². The van der Waals surface area contributed by atoms with Gasteiger partial charge in [-0.1, -0.05) is 0 Å². The van der Waals surface area contributed by atoms with Crippen molar-refractivity contribution in [3.05, 3.63) is 22.7 Å². The van der Waals surface area contributed by atoms with Crippen LogP contribution in [0.25, 0.3) is 0 Å². The second-order valence-corrected chi connectivity index (χ2v) is 5.72. The number of ketones is 2. The molecule has 0 aromatic rings. The Balaban J connectivity index is 2.81. The van der Waals surface area contributed by atoms with Crippen LogP contribution in [-0.4, -0.2) is 59.9 Å². The van der Waals surface area contributed by atoms with Gasteiger partial charge in [0, 0.05) is 24.0 Å². The van der Waals surface area contributed by atoms with Gasteiger partial charge in [-0.3, -0.25) is 19.2 Å². The first-order valence-corrected chi connectivity index (χ1v) is 7.99. The third-order valence-corrected chi connectivity index (χ3v) is 3.98. The van der Waals surface area contributed by atoms with Gasteiger partial charge in [0.2, 0.25) is 29.0 Å². The molecule has 0 aliphatic heterocycles. The van der Waals surface area contributed by atoms with E-state index in [2.05, 4.69) is 5.32 Å². The van der Waals surface area contributed by atoms with Crippen molar-refractivity contribution < 1.29 is 43.7 Å². The summed E-state index contributed by atoms with van der Waals surface area (Å²) < 4.78 is 9.83. The van der Waals surface area contributed by atoms with E-state index in [4.69, 9.17) is 19.7 Å². The van der Waals surface area contributed by atoms with E-state index in [9.17, 15) is 24.0 Å². The van der Waals surface area contributed by atoms with Gasteiger partial charge in [-0.15, -0.1) is 0 Å². The lowest BCUT2D eigenvalue weighted by Gasteiger charge is -2.20. The molecule has 1 atom stereocenters. The number of methoxy groups -OCH3 is 2. The van der Waals surface area contributed by atoms with Crippen molar-refractivity contribution in [3.8, 4) is 0 Å². The van der Waals surface area contributed by atoms with E-state index in [-0.39, 0.29) is 41.9 Å². The third kappa shape index (κ3) is 5.40. The number of allylic oxidation sites excluding steroid dienone is 2. The Kier molecular flexibility index (Phi) is 7.70. The van der Waals surface area contributed by atoms with E-state index in [1.54, 1.807) is 0 Å². The van der Waals surface area contributed by atoms with Gasteiger partial charge in [-0.05, 0) is 19.8 Å². The van der Waals surface area contributed by atoms with Gasteiger partial charge < -0.3 is 25.0 Å². The first-order chi connectivity index (χ1) is 12.6.